The Kier molecular flexibility index (Phi) is 3.22. The summed E-state index contributed by atoms with van der Waals surface area (Å²) in [5.41, 5.74) is 0.243. The van der Waals surface area contributed by atoms with Crippen LogP contribution in [0, 0.1) is 17.3 Å². The quantitative estimate of drug-likeness (QED) is 0.782. The van der Waals surface area contributed by atoms with Gasteiger partial charge in [0.2, 0.25) is 5.91 Å². The van der Waals surface area contributed by atoms with E-state index in [0.29, 0.717) is 17.3 Å². The second-order valence-corrected chi connectivity index (χ2v) is 8.54. The molecule has 4 aliphatic rings. The number of carbonyl (C=O) groups excluding carboxylic acids is 1. The molecule has 4 heteroatoms. The molecule has 102 valence electrons. The highest BCUT2D eigenvalue weighted by Gasteiger charge is 2.57. The third-order valence-electron chi connectivity index (χ3n) is 5.08. The summed E-state index contributed by atoms with van der Waals surface area (Å²) < 4.78 is 0.328. The molecule has 1 amide bonds. The fraction of sp³-hybridized carbons (Fsp3) is 0.929. The maximum atomic E-state index is 12.0. The van der Waals surface area contributed by atoms with Crippen LogP contribution in [0.5, 0.6) is 0 Å². The normalized spacial score (nSPS) is 45.2. The van der Waals surface area contributed by atoms with Crippen LogP contribution < -0.4 is 5.32 Å². The van der Waals surface area contributed by atoms with Crippen molar-refractivity contribution in [2.45, 2.75) is 49.3 Å². The lowest BCUT2D eigenvalue weighted by atomic mass is 9.48. The first-order valence-corrected chi connectivity index (χ1v) is 7.88. The molecular formula is C14H22BrNO2. The maximum Gasteiger partial charge on any atom is 0.220 e. The Morgan fingerprint density at radius 2 is 1.94 bits per heavy atom. The van der Waals surface area contributed by atoms with Gasteiger partial charge in [0.1, 0.15) is 0 Å². The molecule has 0 saturated heterocycles. The van der Waals surface area contributed by atoms with E-state index in [1.807, 2.05) is 0 Å². The molecule has 4 saturated carbocycles. The van der Waals surface area contributed by atoms with E-state index in [2.05, 4.69) is 21.2 Å². The minimum Gasteiger partial charge on any atom is -0.395 e. The first-order valence-electron chi connectivity index (χ1n) is 7.09. The molecule has 0 aromatic heterocycles. The fourth-order valence-electron chi connectivity index (χ4n) is 5.14. The van der Waals surface area contributed by atoms with E-state index in [4.69, 9.17) is 5.11 Å². The van der Waals surface area contributed by atoms with Gasteiger partial charge < -0.3 is 10.4 Å². The number of halogens is 1. The van der Waals surface area contributed by atoms with Crippen LogP contribution in [0.1, 0.15) is 44.9 Å². The first-order chi connectivity index (χ1) is 8.53. The van der Waals surface area contributed by atoms with Gasteiger partial charge in [0, 0.05) is 17.3 Å². The van der Waals surface area contributed by atoms with Crippen molar-refractivity contribution in [3.05, 3.63) is 0 Å². The highest BCUT2D eigenvalue weighted by molar-refractivity contribution is 9.10. The molecule has 0 aromatic carbocycles. The van der Waals surface area contributed by atoms with Crippen LogP contribution in [-0.2, 0) is 4.79 Å². The second-order valence-electron chi connectivity index (χ2n) is 6.86. The van der Waals surface area contributed by atoms with Crippen LogP contribution >= 0.6 is 15.9 Å². The predicted molar refractivity (Wildman–Crippen MR) is 73.5 cm³/mol. The largest absolute Gasteiger partial charge is 0.395 e. The van der Waals surface area contributed by atoms with E-state index in [-0.39, 0.29) is 17.9 Å². The lowest BCUT2D eigenvalue weighted by Crippen LogP contribution is -2.54. The van der Waals surface area contributed by atoms with Gasteiger partial charge >= 0.3 is 0 Å². The molecule has 18 heavy (non-hydrogen) atoms. The second kappa shape index (κ2) is 4.48. The van der Waals surface area contributed by atoms with Crippen LogP contribution in [0.3, 0.4) is 0 Å². The summed E-state index contributed by atoms with van der Waals surface area (Å²) in [7, 11) is 0. The van der Waals surface area contributed by atoms with Crippen molar-refractivity contribution < 1.29 is 9.90 Å². The molecule has 0 radical (unpaired) electrons. The van der Waals surface area contributed by atoms with E-state index in [1.54, 1.807) is 0 Å². The van der Waals surface area contributed by atoms with Gasteiger partial charge in [-0.05, 0) is 55.8 Å². The lowest BCUT2D eigenvalue weighted by molar-refractivity contribution is -0.128. The molecule has 4 rings (SSSR count). The number of aliphatic hydroxyl groups is 1. The van der Waals surface area contributed by atoms with Gasteiger partial charge in [-0.1, -0.05) is 15.9 Å². The van der Waals surface area contributed by atoms with Gasteiger partial charge in [0.15, 0.2) is 0 Å². The summed E-state index contributed by atoms with van der Waals surface area (Å²) >= 11 is 3.96. The van der Waals surface area contributed by atoms with Crippen molar-refractivity contribution in [3.63, 3.8) is 0 Å². The van der Waals surface area contributed by atoms with Crippen LogP contribution in [0.15, 0.2) is 0 Å². The van der Waals surface area contributed by atoms with Gasteiger partial charge in [-0.3, -0.25) is 4.79 Å². The van der Waals surface area contributed by atoms with Crippen LogP contribution in [0.25, 0.3) is 0 Å². The summed E-state index contributed by atoms with van der Waals surface area (Å²) in [4.78, 5) is 12.0. The van der Waals surface area contributed by atoms with Crippen molar-refractivity contribution >= 4 is 21.8 Å². The average Bonchev–Trinajstić information content (AvgIpc) is 2.21. The van der Waals surface area contributed by atoms with Crippen molar-refractivity contribution in [1.82, 2.24) is 5.32 Å². The third kappa shape index (κ3) is 2.34. The summed E-state index contributed by atoms with van der Waals surface area (Å²) in [5, 5.41) is 11.6. The minimum atomic E-state index is 0.0341. The number of aliphatic hydroxyl groups excluding tert-OH is 1. The monoisotopic (exact) mass is 315 g/mol. The van der Waals surface area contributed by atoms with Crippen LogP contribution in [-0.4, -0.2) is 28.5 Å². The molecule has 4 bridgehead atoms. The summed E-state index contributed by atoms with van der Waals surface area (Å²) in [6, 6.07) is 0. The van der Waals surface area contributed by atoms with Crippen molar-refractivity contribution in [2.24, 2.45) is 17.3 Å². The molecule has 4 fully saturated rings. The van der Waals surface area contributed by atoms with E-state index in [9.17, 15) is 4.79 Å². The Hall–Kier alpha value is -0.0900. The molecule has 3 nitrogen and oxygen atoms in total. The standard InChI is InChI=1S/C14H22BrNO2/c15-14-6-10-3-11(7-14)5-13(4-10,9-14)8-12(18)16-1-2-17/h10-11,17H,1-9H2,(H,16,18)/t10-,11-,13?,14?/m1/s1. The molecule has 0 spiro atoms. The first kappa shape index (κ1) is 12.9. The molecule has 0 unspecified atom stereocenters. The average molecular weight is 316 g/mol. The number of carbonyl (C=O) groups is 1. The van der Waals surface area contributed by atoms with E-state index < -0.39 is 0 Å². The zero-order valence-electron chi connectivity index (χ0n) is 10.8. The van der Waals surface area contributed by atoms with Gasteiger partial charge in [-0.2, -0.15) is 0 Å². The molecule has 2 atom stereocenters. The Bertz CT molecular complexity index is 344. The van der Waals surface area contributed by atoms with Crippen LogP contribution in [0.2, 0.25) is 0 Å². The number of alkyl halides is 1. The summed E-state index contributed by atoms with van der Waals surface area (Å²) in [6.07, 6.45) is 8.31. The summed E-state index contributed by atoms with van der Waals surface area (Å²) in [6.45, 7) is 0.424. The zero-order valence-corrected chi connectivity index (χ0v) is 12.3. The SMILES string of the molecule is O=C(CC12C[C@H]3C[C@@H](CC(Br)(C3)C1)C2)NCCO. The predicted octanol–water partition coefficient (Wildman–Crippen LogP) is 2.22. The number of hydrogen-bond donors (Lipinski definition) is 2. The Labute approximate surface area is 117 Å². The Morgan fingerprint density at radius 1 is 1.28 bits per heavy atom. The van der Waals surface area contributed by atoms with E-state index in [1.165, 1.54) is 38.5 Å². The van der Waals surface area contributed by atoms with Crippen molar-refractivity contribution in [3.8, 4) is 0 Å². The van der Waals surface area contributed by atoms with Gasteiger partial charge in [0.25, 0.3) is 0 Å². The maximum absolute atomic E-state index is 12.0. The smallest absolute Gasteiger partial charge is 0.220 e. The molecular weight excluding hydrogens is 294 g/mol. The number of nitrogens with one attached hydrogen (secondary N) is 1. The third-order valence-corrected chi connectivity index (χ3v) is 6.01. The highest BCUT2D eigenvalue weighted by Crippen LogP contribution is 2.65. The van der Waals surface area contributed by atoms with Crippen LogP contribution in [0.4, 0.5) is 0 Å². The molecule has 0 heterocycles. The molecule has 2 N–H and O–H groups in total. The van der Waals surface area contributed by atoms with E-state index >= 15 is 0 Å². The van der Waals surface area contributed by atoms with E-state index in [0.717, 1.165) is 11.8 Å². The Balaban J connectivity index is 1.69. The van der Waals surface area contributed by atoms with Gasteiger partial charge in [-0.15, -0.1) is 0 Å². The van der Waals surface area contributed by atoms with Crippen molar-refractivity contribution in [2.75, 3.05) is 13.2 Å². The minimum absolute atomic E-state index is 0.0341. The molecule has 0 aliphatic heterocycles. The lowest BCUT2D eigenvalue weighted by Gasteiger charge is -2.60. The van der Waals surface area contributed by atoms with Gasteiger partial charge in [0.05, 0.1) is 6.61 Å². The highest BCUT2D eigenvalue weighted by atomic mass is 79.9. The zero-order chi connectivity index (χ0) is 12.8. The number of rotatable bonds is 4. The van der Waals surface area contributed by atoms with Gasteiger partial charge in [-0.25, -0.2) is 0 Å². The molecule has 0 aromatic rings. The number of hydrogen-bond acceptors (Lipinski definition) is 2. The fourth-order valence-corrected chi connectivity index (χ4v) is 6.65. The summed E-state index contributed by atoms with van der Waals surface area (Å²) in [5.74, 6) is 1.79. The topological polar surface area (TPSA) is 49.3 Å². The number of amides is 1. The van der Waals surface area contributed by atoms with Crippen molar-refractivity contribution in [1.29, 1.82) is 0 Å². The Morgan fingerprint density at radius 3 is 2.50 bits per heavy atom. The molecule has 4 aliphatic carbocycles.